The van der Waals surface area contributed by atoms with Crippen LogP contribution in [0.1, 0.15) is 0 Å². The van der Waals surface area contributed by atoms with E-state index in [2.05, 4.69) is 15.3 Å². The van der Waals surface area contributed by atoms with E-state index in [0.29, 0.717) is 11.6 Å². The minimum Gasteiger partial charge on any atom is -0.490 e. The molecule has 0 saturated carbocycles. The smallest absolute Gasteiger partial charge is 0.241 e. The highest BCUT2D eigenvalue weighted by Crippen LogP contribution is 2.25. The van der Waals surface area contributed by atoms with Gasteiger partial charge in [0.1, 0.15) is 6.33 Å². The first-order chi connectivity index (χ1) is 7.56. The lowest BCUT2D eigenvalue weighted by atomic mass is 10.4. The van der Waals surface area contributed by atoms with Gasteiger partial charge < -0.3 is 20.7 Å². The third-order valence-corrected chi connectivity index (χ3v) is 1.94. The molecule has 0 fully saturated rings. The molecule has 0 saturated heterocycles. The number of nitrogens with zero attached hydrogens (tertiary/aromatic N) is 3. The zero-order valence-electron chi connectivity index (χ0n) is 9.52. The second-order valence-corrected chi connectivity index (χ2v) is 3.28. The summed E-state index contributed by atoms with van der Waals surface area (Å²) in [4.78, 5) is 20.5. The summed E-state index contributed by atoms with van der Waals surface area (Å²) in [5.41, 5.74) is 5.59. The van der Waals surface area contributed by atoms with Crippen LogP contribution in [0.2, 0.25) is 0 Å². The quantitative estimate of drug-likeness (QED) is 0.722. The minimum absolute atomic E-state index is 0.0702. The minimum atomic E-state index is -0.0702. The van der Waals surface area contributed by atoms with Gasteiger partial charge in [-0.05, 0) is 0 Å². The lowest BCUT2D eigenvalue weighted by Crippen LogP contribution is -2.29. The van der Waals surface area contributed by atoms with Gasteiger partial charge in [-0.3, -0.25) is 4.79 Å². The van der Waals surface area contributed by atoms with Gasteiger partial charge in [-0.15, -0.1) is 0 Å². The molecule has 0 bridgehead atoms. The van der Waals surface area contributed by atoms with Gasteiger partial charge in [0.05, 0.1) is 13.7 Å². The van der Waals surface area contributed by atoms with E-state index < -0.39 is 0 Å². The summed E-state index contributed by atoms with van der Waals surface area (Å²) in [5.74, 6) is 0.913. The summed E-state index contributed by atoms with van der Waals surface area (Å²) >= 11 is 0. The van der Waals surface area contributed by atoms with Crippen LogP contribution >= 0.6 is 0 Å². The predicted molar refractivity (Wildman–Crippen MR) is 60.2 cm³/mol. The number of hydrogen-bond acceptors (Lipinski definition) is 6. The topological polar surface area (TPSA) is 93.4 Å². The first-order valence-electron chi connectivity index (χ1n) is 4.64. The first kappa shape index (κ1) is 12.0. The SMILES string of the molecule is COc1c(N)ncnc1NCC(=O)N(C)C. The summed E-state index contributed by atoms with van der Waals surface area (Å²) in [6, 6.07) is 0. The van der Waals surface area contributed by atoms with E-state index in [0.717, 1.165) is 0 Å². The molecule has 1 aromatic heterocycles. The third kappa shape index (κ3) is 2.72. The Kier molecular flexibility index (Phi) is 3.87. The molecule has 7 heteroatoms. The molecular weight excluding hydrogens is 210 g/mol. The van der Waals surface area contributed by atoms with Crippen LogP contribution < -0.4 is 15.8 Å². The standard InChI is InChI=1S/C9H15N5O2/c1-14(2)6(15)4-11-9-7(16-3)8(10)12-5-13-9/h5H,4H2,1-3H3,(H3,10,11,12,13). The van der Waals surface area contributed by atoms with Crippen LogP contribution in [-0.2, 0) is 4.79 Å². The molecule has 88 valence electrons. The average Bonchev–Trinajstić information content (AvgIpc) is 2.25. The number of rotatable bonds is 4. The predicted octanol–water partition coefficient (Wildman–Crippen LogP) is -0.432. The molecule has 0 aromatic carbocycles. The number of ether oxygens (including phenoxy) is 1. The number of carbonyl (C=O) groups is 1. The number of likely N-dealkylation sites (N-methyl/N-ethyl adjacent to an activating group) is 1. The monoisotopic (exact) mass is 225 g/mol. The first-order valence-corrected chi connectivity index (χ1v) is 4.64. The number of aromatic nitrogens is 2. The molecule has 0 unspecified atom stereocenters. The number of nitrogen functional groups attached to an aromatic ring is 1. The number of nitrogens with one attached hydrogen (secondary N) is 1. The van der Waals surface area contributed by atoms with Gasteiger partial charge in [0.15, 0.2) is 11.6 Å². The second-order valence-electron chi connectivity index (χ2n) is 3.28. The molecule has 1 rings (SSSR count). The normalized spacial score (nSPS) is 9.69. The molecule has 1 aromatic rings. The van der Waals surface area contributed by atoms with E-state index in [-0.39, 0.29) is 18.3 Å². The van der Waals surface area contributed by atoms with Crippen LogP contribution in [-0.4, -0.2) is 48.5 Å². The molecule has 0 aliphatic heterocycles. The molecular formula is C9H15N5O2. The summed E-state index contributed by atoms with van der Waals surface area (Å²) < 4.78 is 5.03. The summed E-state index contributed by atoms with van der Waals surface area (Å²) in [6.07, 6.45) is 1.31. The van der Waals surface area contributed by atoms with Gasteiger partial charge >= 0.3 is 0 Å². The molecule has 0 aliphatic rings. The zero-order valence-corrected chi connectivity index (χ0v) is 9.52. The Labute approximate surface area is 93.6 Å². The van der Waals surface area contributed by atoms with Crippen LogP contribution in [0, 0.1) is 0 Å². The van der Waals surface area contributed by atoms with Crippen LogP contribution in [0.25, 0.3) is 0 Å². The Morgan fingerprint density at radius 3 is 2.81 bits per heavy atom. The molecule has 16 heavy (non-hydrogen) atoms. The highest BCUT2D eigenvalue weighted by atomic mass is 16.5. The number of anilines is 2. The highest BCUT2D eigenvalue weighted by Gasteiger charge is 2.11. The van der Waals surface area contributed by atoms with E-state index in [1.54, 1.807) is 14.1 Å². The Hall–Kier alpha value is -2.05. The van der Waals surface area contributed by atoms with Crippen LogP contribution in [0.4, 0.5) is 11.6 Å². The van der Waals surface area contributed by atoms with Gasteiger partial charge in [0.2, 0.25) is 11.7 Å². The molecule has 0 spiro atoms. The maximum atomic E-state index is 11.3. The van der Waals surface area contributed by atoms with Gasteiger partial charge in [-0.25, -0.2) is 9.97 Å². The Morgan fingerprint density at radius 2 is 2.25 bits per heavy atom. The van der Waals surface area contributed by atoms with Crippen LogP contribution in [0.5, 0.6) is 5.75 Å². The molecule has 7 nitrogen and oxygen atoms in total. The van der Waals surface area contributed by atoms with E-state index >= 15 is 0 Å². The van der Waals surface area contributed by atoms with Crippen molar-refractivity contribution in [1.29, 1.82) is 0 Å². The van der Waals surface area contributed by atoms with Gasteiger partial charge in [0.25, 0.3) is 0 Å². The van der Waals surface area contributed by atoms with E-state index in [1.807, 2.05) is 0 Å². The zero-order chi connectivity index (χ0) is 12.1. The highest BCUT2D eigenvalue weighted by molar-refractivity contribution is 5.80. The van der Waals surface area contributed by atoms with Crippen molar-refractivity contribution in [2.45, 2.75) is 0 Å². The van der Waals surface area contributed by atoms with Crippen molar-refractivity contribution in [2.75, 3.05) is 38.8 Å². The van der Waals surface area contributed by atoms with Crippen molar-refractivity contribution < 1.29 is 9.53 Å². The maximum absolute atomic E-state index is 11.3. The van der Waals surface area contributed by atoms with E-state index in [4.69, 9.17) is 10.5 Å². The van der Waals surface area contributed by atoms with Crippen molar-refractivity contribution in [1.82, 2.24) is 14.9 Å². The number of methoxy groups -OCH3 is 1. The number of nitrogens with two attached hydrogens (primary N) is 1. The molecule has 1 amide bonds. The number of carbonyl (C=O) groups excluding carboxylic acids is 1. The summed E-state index contributed by atoms with van der Waals surface area (Å²) in [5, 5.41) is 2.84. The Morgan fingerprint density at radius 1 is 1.56 bits per heavy atom. The maximum Gasteiger partial charge on any atom is 0.241 e. The summed E-state index contributed by atoms with van der Waals surface area (Å²) in [6.45, 7) is 0.125. The fourth-order valence-corrected chi connectivity index (χ4v) is 1.03. The van der Waals surface area contributed by atoms with Crippen molar-refractivity contribution in [3.05, 3.63) is 6.33 Å². The van der Waals surface area contributed by atoms with Crippen LogP contribution in [0.15, 0.2) is 6.33 Å². The fraction of sp³-hybridized carbons (Fsp3) is 0.444. The molecule has 0 aliphatic carbocycles. The Bertz CT molecular complexity index is 380. The molecule has 0 atom stereocenters. The average molecular weight is 225 g/mol. The van der Waals surface area contributed by atoms with Gasteiger partial charge in [0, 0.05) is 14.1 Å². The molecule has 0 radical (unpaired) electrons. The largest absolute Gasteiger partial charge is 0.490 e. The van der Waals surface area contributed by atoms with E-state index in [1.165, 1.54) is 18.3 Å². The van der Waals surface area contributed by atoms with Crippen molar-refractivity contribution >= 4 is 17.5 Å². The third-order valence-electron chi connectivity index (χ3n) is 1.94. The van der Waals surface area contributed by atoms with Crippen LogP contribution in [0.3, 0.4) is 0 Å². The summed E-state index contributed by atoms with van der Waals surface area (Å²) in [7, 11) is 4.82. The fourth-order valence-electron chi connectivity index (χ4n) is 1.03. The van der Waals surface area contributed by atoms with E-state index in [9.17, 15) is 4.79 Å². The van der Waals surface area contributed by atoms with Crippen molar-refractivity contribution in [3.8, 4) is 5.75 Å². The second kappa shape index (κ2) is 5.15. The number of hydrogen-bond donors (Lipinski definition) is 2. The van der Waals surface area contributed by atoms with Gasteiger partial charge in [-0.2, -0.15) is 0 Å². The molecule has 1 heterocycles. The van der Waals surface area contributed by atoms with Crippen molar-refractivity contribution in [2.24, 2.45) is 0 Å². The molecule has 3 N–H and O–H groups in total. The van der Waals surface area contributed by atoms with Gasteiger partial charge in [-0.1, -0.05) is 0 Å². The lowest BCUT2D eigenvalue weighted by Gasteiger charge is -2.13. The van der Waals surface area contributed by atoms with Crippen molar-refractivity contribution in [3.63, 3.8) is 0 Å². The Balaban J connectivity index is 2.74. The lowest BCUT2D eigenvalue weighted by molar-refractivity contribution is -0.126. The number of amides is 1.